The molecule has 2 N–H and O–H groups in total. The molecule has 1 aliphatic heterocycles. The Morgan fingerprint density at radius 2 is 1.80 bits per heavy atom. The fraction of sp³-hybridized carbons (Fsp3) is 0.316. The molecule has 1 amide bonds. The maximum atomic E-state index is 13.6. The first kappa shape index (κ1) is 19.8. The van der Waals surface area contributed by atoms with Crippen LogP contribution < -0.4 is 5.73 Å². The molecule has 2 aromatic rings. The predicted octanol–water partition coefficient (Wildman–Crippen LogP) is 3.68. The number of halogens is 2. The van der Waals surface area contributed by atoms with Gasteiger partial charge in [0, 0.05) is 42.1 Å². The number of nitrogens with two attached hydrogens (primary N) is 1. The van der Waals surface area contributed by atoms with Gasteiger partial charge in [-0.25, -0.2) is 4.39 Å². The molecule has 0 unspecified atom stereocenters. The maximum absolute atomic E-state index is 13.6. The molecule has 1 aliphatic rings. The molecule has 2 aromatic carbocycles. The number of carbonyl (C=O) groups excluding carboxylic acids is 1. The lowest BCUT2D eigenvalue weighted by molar-refractivity contribution is -0.129. The molecule has 0 bridgehead atoms. The van der Waals surface area contributed by atoms with E-state index in [1.54, 1.807) is 18.2 Å². The molecule has 1 saturated heterocycles. The van der Waals surface area contributed by atoms with Gasteiger partial charge in [0.25, 0.3) is 0 Å². The van der Waals surface area contributed by atoms with Crippen LogP contribution in [0.5, 0.6) is 0 Å². The van der Waals surface area contributed by atoms with E-state index in [4.69, 9.17) is 5.73 Å². The average molecular weight is 381 g/mol. The van der Waals surface area contributed by atoms with Gasteiger partial charge in [-0.05, 0) is 17.7 Å². The second-order valence-corrected chi connectivity index (χ2v) is 7.15. The van der Waals surface area contributed by atoms with Gasteiger partial charge in [-0.2, -0.15) is 0 Å². The lowest BCUT2D eigenvalue weighted by Crippen LogP contribution is -2.32. The molecule has 0 aromatic heterocycles. The number of benzene rings is 2. The fourth-order valence-corrected chi connectivity index (χ4v) is 3.93. The first-order chi connectivity index (χ1) is 11.6. The van der Waals surface area contributed by atoms with Crippen molar-refractivity contribution in [2.75, 3.05) is 18.8 Å². The lowest BCUT2D eigenvalue weighted by Gasteiger charge is -2.16. The van der Waals surface area contributed by atoms with Crippen molar-refractivity contribution < 1.29 is 9.18 Å². The van der Waals surface area contributed by atoms with Crippen LogP contribution in [0, 0.1) is 5.82 Å². The van der Waals surface area contributed by atoms with Gasteiger partial charge in [-0.15, -0.1) is 24.2 Å². The van der Waals surface area contributed by atoms with Crippen LogP contribution in [-0.4, -0.2) is 35.7 Å². The summed E-state index contributed by atoms with van der Waals surface area (Å²) < 4.78 is 13.6. The van der Waals surface area contributed by atoms with E-state index in [1.165, 1.54) is 23.4 Å². The van der Waals surface area contributed by atoms with Crippen LogP contribution in [0.25, 0.3) is 0 Å². The summed E-state index contributed by atoms with van der Waals surface area (Å²) in [5.74, 6) is 0.617. The Hall–Kier alpha value is -1.56. The van der Waals surface area contributed by atoms with Gasteiger partial charge in [-0.3, -0.25) is 4.79 Å². The number of nitrogens with zero attached hydrogens (tertiary/aromatic N) is 1. The van der Waals surface area contributed by atoms with Crippen molar-refractivity contribution in [2.24, 2.45) is 5.73 Å². The highest BCUT2D eigenvalue weighted by atomic mass is 35.5. The molecule has 25 heavy (non-hydrogen) atoms. The summed E-state index contributed by atoms with van der Waals surface area (Å²) in [4.78, 5) is 14.8. The molecule has 1 fully saturated rings. The standard InChI is InChI=1S/C19H21FN2OS.ClH/c20-16-8-4-5-9-18(16)24-11-10-19(23)22-12-15(17(21)13-22)14-6-2-1-3-7-14;/h1-9,15,17H,10-13,21H2;1H/t15-,17+;/m0./s1. The third-order valence-corrected chi connectivity index (χ3v) is 5.41. The minimum Gasteiger partial charge on any atom is -0.340 e. The molecule has 0 aliphatic carbocycles. The second kappa shape index (κ2) is 9.22. The Morgan fingerprint density at radius 1 is 1.12 bits per heavy atom. The molecule has 0 saturated carbocycles. The van der Waals surface area contributed by atoms with Gasteiger partial charge < -0.3 is 10.6 Å². The highest BCUT2D eigenvalue weighted by molar-refractivity contribution is 7.99. The fourth-order valence-electron chi connectivity index (χ4n) is 3.05. The largest absolute Gasteiger partial charge is 0.340 e. The smallest absolute Gasteiger partial charge is 0.223 e. The first-order valence-electron chi connectivity index (χ1n) is 8.11. The third-order valence-electron chi connectivity index (χ3n) is 4.36. The van der Waals surface area contributed by atoms with E-state index in [-0.39, 0.29) is 36.1 Å². The van der Waals surface area contributed by atoms with Crippen molar-refractivity contribution in [2.45, 2.75) is 23.3 Å². The van der Waals surface area contributed by atoms with Crippen molar-refractivity contribution in [1.82, 2.24) is 4.90 Å². The van der Waals surface area contributed by atoms with Crippen LogP contribution in [0.1, 0.15) is 17.9 Å². The number of rotatable bonds is 5. The first-order valence-corrected chi connectivity index (χ1v) is 9.09. The summed E-state index contributed by atoms with van der Waals surface area (Å²) in [7, 11) is 0. The van der Waals surface area contributed by atoms with Gasteiger partial charge >= 0.3 is 0 Å². The molecular formula is C19H22ClFN2OS. The summed E-state index contributed by atoms with van der Waals surface area (Å²) in [5, 5.41) is 0. The van der Waals surface area contributed by atoms with Crippen molar-refractivity contribution in [1.29, 1.82) is 0 Å². The van der Waals surface area contributed by atoms with Gasteiger partial charge in [0.2, 0.25) is 5.91 Å². The SMILES string of the molecule is Cl.N[C@@H]1CN(C(=O)CCSc2ccccc2F)C[C@H]1c1ccccc1. The van der Waals surface area contributed by atoms with Gasteiger partial charge in [-0.1, -0.05) is 42.5 Å². The zero-order valence-corrected chi connectivity index (χ0v) is 15.4. The van der Waals surface area contributed by atoms with Crippen LogP contribution in [0.3, 0.4) is 0 Å². The van der Waals surface area contributed by atoms with Gasteiger partial charge in [0.05, 0.1) is 0 Å². The van der Waals surface area contributed by atoms with E-state index in [0.717, 1.165) is 0 Å². The lowest BCUT2D eigenvalue weighted by atomic mass is 9.95. The Morgan fingerprint density at radius 3 is 2.52 bits per heavy atom. The molecule has 0 radical (unpaired) electrons. The monoisotopic (exact) mass is 380 g/mol. The van der Waals surface area contributed by atoms with Crippen LogP contribution in [-0.2, 0) is 4.79 Å². The van der Waals surface area contributed by atoms with Crippen LogP contribution >= 0.6 is 24.2 Å². The van der Waals surface area contributed by atoms with Crippen molar-refractivity contribution in [3.8, 4) is 0 Å². The van der Waals surface area contributed by atoms with Crippen LogP contribution in [0.4, 0.5) is 4.39 Å². The normalized spacial score (nSPS) is 19.5. The van der Waals surface area contributed by atoms with Crippen molar-refractivity contribution in [3.63, 3.8) is 0 Å². The quantitative estimate of drug-likeness (QED) is 0.805. The molecule has 6 heteroatoms. The Labute approximate surface area is 158 Å². The van der Waals surface area contributed by atoms with E-state index in [9.17, 15) is 9.18 Å². The van der Waals surface area contributed by atoms with Crippen molar-refractivity contribution >= 4 is 30.1 Å². The zero-order chi connectivity index (χ0) is 16.9. The van der Waals surface area contributed by atoms with Gasteiger partial charge in [0.1, 0.15) is 5.82 Å². The van der Waals surface area contributed by atoms with E-state index >= 15 is 0 Å². The highest BCUT2D eigenvalue weighted by Crippen LogP contribution is 2.27. The van der Waals surface area contributed by atoms with Gasteiger partial charge in [0.15, 0.2) is 0 Å². The summed E-state index contributed by atoms with van der Waals surface area (Å²) in [6.45, 7) is 1.25. The number of amides is 1. The summed E-state index contributed by atoms with van der Waals surface area (Å²) >= 11 is 1.38. The van der Waals surface area contributed by atoms with Crippen LogP contribution in [0.2, 0.25) is 0 Å². The third kappa shape index (κ3) is 4.97. The van der Waals surface area contributed by atoms with E-state index < -0.39 is 0 Å². The summed E-state index contributed by atoms with van der Waals surface area (Å²) in [6.07, 6.45) is 0.396. The molecular weight excluding hydrogens is 359 g/mol. The Bertz CT molecular complexity index is 701. The highest BCUT2D eigenvalue weighted by Gasteiger charge is 2.33. The number of hydrogen-bond acceptors (Lipinski definition) is 3. The van der Waals surface area contributed by atoms with Crippen LogP contribution in [0.15, 0.2) is 59.5 Å². The Kier molecular flexibility index (Phi) is 7.29. The number of hydrogen-bond donors (Lipinski definition) is 1. The number of carbonyl (C=O) groups is 1. The number of thioether (sulfide) groups is 1. The minimum atomic E-state index is -0.234. The maximum Gasteiger partial charge on any atom is 0.223 e. The topological polar surface area (TPSA) is 46.3 Å². The van der Waals surface area contributed by atoms with E-state index in [2.05, 4.69) is 12.1 Å². The van der Waals surface area contributed by atoms with E-state index in [1.807, 2.05) is 23.1 Å². The van der Waals surface area contributed by atoms with Crippen molar-refractivity contribution in [3.05, 3.63) is 66.0 Å². The molecule has 3 rings (SSSR count). The summed E-state index contributed by atoms with van der Waals surface area (Å²) in [5.41, 5.74) is 7.41. The Balaban J connectivity index is 0.00000225. The molecule has 3 nitrogen and oxygen atoms in total. The average Bonchev–Trinajstić information content (AvgIpc) is 2.99. The molecule has 1 heterocycles. The molecule has 0 spiro atoms. The summed E-state index contributed by atoms with van der Waals surface area (Å²) in [6, 6.07) is 16.7. The molecule has 134 valence electrons. The predicted molar refractivity (Wildman–Crippen MR) is 103 cm³/mol. The van der Waals surface area contributed by atoms with E-state index in [0.29, 0.717) is 30.2 Å². The minimum absolute atomic E-state index is 0. The second-order valence-electron chi connectivity index (χ2n) is 6.01. The number of likely N-dealkylation sites (tertiary alicyclic amines) is 1. The molecule has 2 atom stereocenters. The zero-order valence-electron chi connectivity index (χ0n) is 13.8.